The van der Waals surface area contributed by atoms with E-state index in [4.69, 9.17) is 0 Å². The molecule has 4 nitrogen and oxygen atoms in total. The third-order valence-electron chi connectivity index (χ3n) is 5.18. The van der Waals surface area contributed by atoms with Crippen LogP contribution in [0.1, 0.15) is 47.7 Å². The average Bonchev–Trinajstić information content (AvgIpc) is 2.90. The minimum absolute atomic E-state index is 0.0353. The molecule has 0 fully saturated rings. The molecule has 0 aromatic heterocycles. The first kappa shape index (κ1) is 15.4. The summed E-state index contributed by atoms with van der Waals surface area (Å²) in [6.45, 7) is 2.12. The Labute approximate surface area is 141 Å². The summed E-state index contributed by atoms with van der Waals surface area (Å²) in [5, 5.41) is 17.0. The van der Waals surface area contributed by atoms with Crippen LogP contribution in [0.4, 0.5) is 5.69 Å². The van der Waals surface area contributed by atoms with Gasteiger partial charge in [0.25, 0.3) is 0 Å². The highest BCUT2D eigenvalue weighted by Gasteiger charge is 2.31. The van der Waals surface area contributed by atoms with Crippen molar-refractivity contribution in [2.24, 2.45) is 0 Å². The maximum absolute atomic E-state index is 11.5. The molecule has 24 heavy (non-hydrogen) atoms. The Bertz CT molecular complexity index is 787. The summed E-state index contributed by atoms with van der Waals surface area (Å²) >= 11 is 0. The molecule has 2 aromatic rings. The van der Waals surface area contributed by atoms with Gasteiger partial charge in [0.2, 0.25) is 5.91 Å². The molecule has 124 valence electrons. The van der Waals surface area contributed by atoms with E-state index in [1.807, 2.05) is 24.3 Å². The monoisotopic (exact) mass is 322 g/mol. The Kier molecular flexibility index (Phi) is 3.87. The predicted octanol–water partition coefficient (Wildman–Crippen LogP) is 2.88. The second-order valence-corrected chi connectivity index (χ2v) is 6.81. The van der Waals surface area contributed by atoms with Gasteiger partial charge in [-0.25, -0.2) is 0 Å². The molecular formula is C20H22N2O2. The molecule has 2 aliphatic rings. The third kappa shape index (κ3) is 2.72. The van der Waals surface area contributed by atoms with Crippen molar-refractivity contribution in [3.8, 4) is 0 Å². The summed E-state index contributed by atoms with van der Waals surface area (Å²) in [6, 6.07) is 14.5. The number of rotatable bonds is 3. The Morgan fingerprint density at radius 2 is 2.00 bits per heavy atom. The van der Waals surface area contributed by atoms with Crippen molar-refractivity contribution in [3.63, 3.8) is 0 Å². The third-order valence-corrected chi connectivity index (χ3v) is 5.18. The summed E-state index contributed by atoms with van der Waals surface area (Å²) in [4.78, 5) is 11.5. The molecule has 4 rings (SSSR count). The topological polar surface area (TPSA) is 61.4 Å². The minimum atomic E-state index is -0.458. The van der Waals surface area contributed by atoms with Gasteiger partial charge in [0.1, 0.15) is 0 Å². The summed E-state index contributed by atoms with van der Waals surface area (Å²) in [5.41, 5.74) is 5.57. The number of hydrogen-bond acceptors (Lipinski definition) is 3. The fourth-order valence-electron chi connectivity index (χ4n) is 3.81. The van der Waals surface area contributed by atoms with Crippen LogP contribution in [0.3, 0.4) is 0 Å². The van der Waals surface area contributed by atoms with Gasteiger partial charge in [-0.2, -0.15) is 0 Å². The van der Waals surface area contributed by atoms with E-state index in [-0.39, 0.29) is 18.0 Å². The quantitative estimate of drug-likeness (QED) is 0.814. The van der Waals surface area contributed by atoms with E-state index in [1.54, 1.807) is 0 Å². The van der Waals surface area contributed by atoms with Crippen LogP contribution < -0.4 is 10.6 Å². The largest absolute Gasteiger partial charge is 0.387 e. The summed E-state index contributed by atoms with van der Waals surface area (Å²) in [7, 11) is 0. The van der Waals surface area contributed by atoms with E-state index in [1.165, 1.54) is 16.7 Å². The van der Waals surface area contributed by atoms with Gasteiger partial charge < -0.3 is 15.7 Å². The SMILES string of the molecule is CC(NC1Cc2ccccc2C1O)c1ccc2c(c1)CCC(=O)N2. The second kappa shape index (κ2) is 6.04. The van der Waals surface area contributed by atoms with E-state index >= 15 is 0 Å². The van der Waals surface area contributed by atoms with Crippen LogP contribution in [0, 0.1) is 0 Å². The molecule has 0 spiro atoms. The van der Waals surface area contributed by atoms with Gasteiger partial charge in [0.05, 0.1) is 6.10 Å². The van der Waals surface area contributed by atoms with Crippen LogP contribution in [0.15, 0.2) is 42.5 Å². The molecule has 4 heteroatoms. The number of nitrogens with one attached hydrogen (secondary N) is 2. The fourth-order valence-corrected chi connectivity index (χ4v) is 3.81. The van der Waals surface area contributed by atoms with Crippen LogP contribution in [0.2, 0.25) is 0 Å². The van der Waals surface area contributed by atoms with Crippen molar-refractivity contribution < 1.29 is 9.90 Å². The number of benzene rings is 2. The summed E-state index contributed by atoms with van der Waals surface area (Å²) in [5.74, 6) is 0.0910. The molecule has 1 aliphatic heterocycles. The maximum Gasteiger partial charge on any atom is 0.224 e. The number of aliphatic hydroxyl groups excluding tert-OH is 1. The molecule has 2 aromatic carbocycles. The highest BCUT2D eigenvalue weighted by Crippen LogP contribution is 2.33. The van der Waals surface area contributed by atoms with E-state index in [0.29, 0.717) is 6.42 Å². The summed E-state index contributed by atoms with van der Waals surface area (Å²) < 4.78 is 0. The van der Waals surface area contributed by atoms with E-state index < -0.39 is 6.10 Å². The number of fused-ring (bicyclic) bond motifs is 2. The molecule has 3 N–H and O–H groups in total. The number of aryl methyl sites for hydroxylation is 1. The van der Waals surface area contributed by atoms with Crippen molar-refractivity contribution in [1.29, 1.82) is 0 Å². The predicted molar refractivity (Wildman–Crippen MR) is 93.8 cm³/mol. The fraction of sp³-hybridized carbons (Fsp3) is 0.350. The molecule has 0 bridgehead atoms. The van der Waals surface area contributed by atoms with Gasteiger partial charge in [0.15, 0.2) is 0 Å². The van der Waals surface area contributed by atoms with Crippen LogP contribution in [0.25, 0.3) is 0 Å². The Morgan fingerprint density at radius 3 is 2.83 bits per heavy atom. The highest BCUT2D eigenvalue weighted by atomic mass is 16.3. The molecule has 0 radical (unpaired) electrons. The molecule has 0 saturated heterocycles. The summed E-state index contributed by atoms with van der Waals surface area (Å²) in [6.07, 6.45) is 1.73. The van der Waals surface area contributed by atoms with Crippen LogP contribution in [-0.2, 0) is 17.6 Å². The van der Waals surface area contributed by atoms with Crippen LogP contribution in [0.5, 0.6) is 0 Å². The molecular weight excluding hydrogens is 300 g/mol. The number of carbonyl (C=O) groups excluding carboxylic acids is 1. The first-order valence-corrected chi connectivity index (χ1v) is 8.56. The van der Waals surface area contributed by atoms with E-state index in [9.17, 15) is 9.90 Å². The smallest absolute Gasteiger partial charge is 0.224 e. The lowest BCUT2D eigenvalue weighted by atomic mass is 9.97. The Balaban J connectivity index is 1.49. The molecule has 0 saturated carbocycles. The number of amides is 1. The first-order chi connectivity index (χ1) is 11.6. The van der Waals surface area contributed by atoms with Crippen molar-refractivity contribution >= 4 is 11.6 Å². The lowest BCUT2D eigenvalue weighted by Gasteiger charge is -2.24. The Morgan fingerprint density at radius 1 is 1.17 bits per heavy atom. The van der Waals surface area contributed by atoms with Crippen molar-refractivity contribution in [3.05, 3.63) is 64.7 Å². The maximum atomic E-state index is 11.5. The number of carbonyl (C=O) groups is 1. The van der Waals surface area contributed by atoms with Crippen molar-refractivity contribution in [2.75, 3.05) is 5.32 Å². The molecule has 1 heterocycles. The Hall–Kier alpha value is -2.17. The first-order valence-electron chi connectivity index (χ1n) is 8.56. The van der Waals surface area contributed by atoms with Gasteiger partial charge >= 0.3 is 0 Å². The van der Waals surface area contributed by atoms with Gasteiger partial charge in [-0.05, 0) is 48.1 Å². The van der Waals surface area contributed by atoms with Gasteiger partial charge in [-0.1, -0.05) is 36.4 Å². The standard InChI is InChI=1S/C20H22N2O2/c1-12(13-6-8-17-15(10-13)7-9-19(23)22-17)21-18-11-14-4-2-3-5-16(14)20(18)24/h2-6,8,10,12,18,20-21,24H,7,9,11H2,1H3,(H,22,23). The zero-order valence-corrected chi connectivity index (χ0v) is 13.8. The van der Waals surface area contributed by atoms with Crippen molar-refractivity contribution in [1.82, 2.24) is 5.32 Å². The van der Waals surface area contributed by atoms with E-state index in [0.717, 1.165) is 24.1 Å². The molecule has 3 atom stereocenters. The lowest BCUT2D eigenvalue weighted by Crippen LogP contribution is -2.35. The van der Waals surface area contributed by atoms with E-state index in [2.05, 4.69) is 35.8 Å². The van der Waals surface area contributed by atoms with Gasteiger partial charge in [-0.15, -0.1) is 0 Å². The second-order valence-electron chi connectivity index (χ2n) is 6.81. The minimum Gasteiger partial charge on any atom is -0.387 e. The lowest BCUT2D eigenvalue weighted by molar-refractivity contribution is -0.116. The van der Waals surface area contributed by atoms with Gasteiger partial charge in [0, 0.05) is 24.2 Å². The zero-order valence-electron chi connectivity index (χ0n) is 13.8. The number of anilines is 1. The zero-order chi connectivity index (χ0) is 16.7. The molecule has 3 unspecified atom stereocenters. The van der Waals surface area contributed by atoms with Crippen LogP contribution >= 0.6 is 0 Å². The molecule has 1 aliphatic carbocycles. The molecule has 1 amide bonds. The number of aliphatic hydroxyl groups is 1. The normalized spacial score (nSPS) is 23.3. The van der Waals surface area contributed by atoms with Gasteiger partial charge in [-0.3, -0.25) is 4.79 Å². The van der Waals surface area contributed by atoms with Crippen LogP contribution in [-0.4, -0.2) is 17.1 Å². The number of hydrogen-bond donors (Lipinski definition) is 3. The van der Waals surface area contributed by atoms with Crippen molar-refractivity contribution in [2.45, 2.75) is 44.4 Å². The average molecular weight is 322 g/mol. The highest BCUT2D eigenvalue weighted by molar-refractivity contribution is 5.93.